The average molecular weight is 393 g/mol. The van der Waals surface area contributed by atoms with Gasteiger partial charge in [0.25, 0.3) is 0 Å². The molecule has 2 N–H and O–H groups in total. The highest BCUT2D eigenvalue weighted by Gasteiger charge is 2.36. The molecule has 0 amide bonds. The molecule has 1 aliphatic rings. The van der Waals surface area contributed by atoms with Gasteiger partial charge in [-0.3, -0.25) is 5.41 Å². The highest BCUT2D eigenvalue weighted by molar-refractivity contribution is 7.99. The van der Waals surface area contributed by atoms with Gasteiger partial charge in [-0.1, -0.05) is 42.5 Å². The van der Waals surface area contributed by atoms with Gasteiger partial charge in [0.2, 0.25) is 0 Å². The Balaban J connectivity index is 1.97. The summed E-state index contributed by atoms with van der Waals surface area (Å²) in [4.78, 5) is 2.36. The van der Waals surface area contributed by atoms with E-state index in [1.807, 2.05) is 61.6 Å². The van der Waals surface area contributed by atoms with E-state index in [0.29, 0.717) is 17.2 Å². The van der Waals surface area contributed by atoms with Crippen LogP contribution in [0.1, 0.15) is 17.2 Å². The van der Waals surface area contributed by atoms with Gasteiger partial charge in [-0.05, 0) is 23.3 Å². The van der Waals surface area contributed by atoms with Gasteiger partial charge in [0.15, 0.2) is 0 Å². The second-order valence-electron chi connectivity index (χ2n) is 5.76. The van der Waals surface area contributed by atoms with Gasteiger partial charge >= 0.3 is 0 Å². The average Bonchev–Trinajstić information content (AvgIpc) is 2.83. The molecule has 3 nitrogen and oxygen atoms in total. The molecule has 0 saturated heterocycles. The monoisotopic (exact) mass is 392 g/mol. The Labute approximate surface area is 161 Å². The van der Waals surface area contributed by atoms with Crippen LogP contribution in [0.4, 0.5) is 0 Å². The van der Waals surface area contributed by atoms with Crippen molar-refractivity contribution in [1.29, 1.82) is 5.41 Å². The van der Waals surface area contributed by atoms with E-state index in [1.54, 1.807) is 16.7 Å². The van der Waals surface area contributed by atoms with Gasteiger partial charge in [-0.15, -0.1) is 35.0 Å². The predicted molar refractivity (Wildman–Crippen MR) is 107 cm³/mol. The molecule has 3 rings (SSSR count). The number of thioether (sulfide) groups is 1. The SMILES string of the molecule is CN1C(=N)C(c2cccc(SCC(Cl)Cl)c2)=C(O)C1c1ccccc1. The first-order valence-electron chi connectivity index (χ1n) is 7.80. The number of benzene rings is 2. The lowest BCUT2D eigenvalue weighted by Crippen LogP contribution is -2.25. The third kappa shape index (κ3) is 3.81. The number of rotatable bonds is 5. The van der Waals surface area contributed by atoms with Crippen molar-refractivity contribution in [2.24, 2.45) is 0 Å². The zero-order chi connectivity index (χ0) is 18.0. The zero-order valence-corrected chi connectivity index (χ0v) is 15.9. The fraction of sp³-hybridized carbons (Fsp3) is 0.211. The molecule has 0 bridgehead atoms. The number of hydrogen-bond acceptors (Lipinski definition) is 3. The van der Waals surface area contributed by atoms with E-state index < -0.39 is 4.84 Å². The zero-order valence-electron chi connectivity index (χ0n) is 13.6. The number of nitrogens with one attached hydrogen (secondary N) is 1. The Morgan fingerprint density at radius 3 is 2.56 bits per heavy atom. The number of aliphatic hydroxyl groups is 1. The number of halogens is 2. The normalized spacial score (nSPS) is 17.7. The van der Waals surface area contributed by atoms with Gasteiger partial charge in [-0.2, -0.15) is 0 Å². The Morgan fingerprint density at radius 1 is 1.16 bits per heavy atom. The molecule has 1 atom stereocenters. The number of alkyl halides is 2. The van der Waals surface area contributed by atoms with Crippen LogP contribution in [0.2, 0.25) is 0 Å². The molecule has 0 radical (unpaired) electrons. The summed E-state index contributed by atoms with van der Waals surface area (Å²) in [6, 6.07) is 17.1. The summed E-state index contributed by atoms with van der Waals surface area (Å²) in [5.74, 6) is 1.09. The molecule has 0 spiro atoms. The van der Waals surface area contributed by atoms with Crippen molar-refractivity contribution in [2.75, 3.05) is 12.8 Å². The van der Waals surface area contributed by atoms with E-state index in [-0.39, 0.29) is 11.8 Å². The molecule has 1 unspecified atom stereocenters. The molecule has 2 aromatic rings. The number of hydrogen-bond donors (Lipinski definition) is 2. The number of nitrogens with zero attached hydrogens (tertiary/aromatic N) is 1. The maximum absolute atomic E-state index is 10.9. The first-order chi connectivity index (χ1) is 12.0. The summed E-state index contributed by atoms with van der Waals surface area (Å²) in [7, 11) is 1.83. The van der Waals surface area contributed by atoms with Crippen LogP contribution in [-0.2, 0) is 0 Å². The van der Waals surface area contributed by atoms with Crippen molar-refractivity contribution >= 4 is 46.4 Å². The Hall–Kier alpha value is -1.62. The van der Waals surface area contributed by atoms with Crippen LogP contribution < -0.4 is 0 Å². The Morgan fingerprint density at radius 2 is 1.88 bits per heavy atom. The molecular formula is C19H18Cl2N2OS. The first kappa shape index (κ1) is 18.2. The van der Waals surface area contributed by atoms with E-state index in [1.165, 1.54) is 0 Å². The lowest BCUT2D eigenvalue weighted by atomic mass is 10.0. The molecule has 0 fully saturated rings. The van der Waals surface area contributed by atoms with Crippen LogP contribution >= 0.6 is 35.0 Å². The number of aliphatic hydroxyl groups excluding tert-OH is 1. The molecule has 130 valence electrons. The predicted octanol–water partition coefficient (Wildman–Crippen LogP) is 5.52. The topological polar surface area (TPSA) is 47.3 Å². The fourth-order valence-corrected chi connectivity index (χ4v) is 4.03. The van der Waals surface area contributed by atoms with Crippen molar-refractivity contribution < 1.29 is 5.11 Å². The second-order valence-corrected chi connectivity index (χ2v) is 8.13. The molecule has 0 saturated carbocycles. The third-order valence-corrected chi connectivity index (χ3v) is 5.87. The standard InChI is InChI=1S/C19H18Cl2N2OS/c1-23-17(12-6-3-2-4-7-12)18(24)16(19(23)22)13-8-5-9-14(10-13)25-11-15(20)21/h2-10,15,17,22,24H,11H2,1H3. The first-order valence-corrected chi connectivity index (χ1v) is 9.66. The lowest BCUT2D eigenvalue weighted by molar-refractivity contribution is 0.303. The summed E-state index contributed by atoms with van der Waals surface area (Å²) in [6.45, 7) is 0. The van der Waals surface area contributed by atoms with Gasteiger partial charge in [0.05, 0.1) is 5.57 Å². The highest BCUT2D eigenvalue weighted by atomic mass is 35.5. The van der Waals surface area contributed by atoms with Crippen LogP contribution in [0.25, 0.3) is 5.57 Å². The van der Waals surface area contributed by atoms with Crippen molar-refractivity contribution in [3.05, 3.63) is 71.5 Å². The molecular weight excluding hydrogens is 375 g/mol. The maximum Gasteiger partial charge on any atom is 0.132 e. The fourth-order valence-electron chi connectivity index (χ4n) is 2.95. The quantitative estimate of drug-likeness (QED) is 0.520. The van der Waals surface area contributed by atoms with Gasteiger partial charge in [0, 0.05) is 17.7 Å². The minimum Gasteiger partial charge on any atom is -0.509 e. The van der Waals surface area contributed by atoms with Crippen molar-refractivity contribution in [2.45, 2.75) is 15.8 Å². The van der Waals surface area contributed by atoms with Crippen molar-refractivity contribution in [1.82, 2.24) is 4.90 Å². The maximum atomic E-state index is 10.9. The van der Waals surface area contributed by atoms with Crippen LogP contribution in [-0.4, -0.2) is 33.5 Å². The minimum absolute atomic E-state index is 0.202. The molecule has 1 aliphatic heterocycles. The third-order valence-electron chi connectivity index (χ3n) is 4.11. The van der Waals surface area contributed by atoms with Gasteiger partial charge in [0.1, 0.15) is 22.5 Å². The lowest BCUT2D eigenvalue weighted by Gasteiger charge is -2.22. The Kier molecular flexibility index (Phi) is 5.62. The van der Waals surface area contributed by atoms with Gasteiger partial charge in [-0.25, -0.2) is 0 Å². The van der Waals surface area contributed by atoms with E-state index in [9.17, 15) is 5.11 Å². The Bertz CT molecular complexity index is 808. The van der Waals surface area contributed by atoms with Crippen LogP contribution in [0.5, 0.6) is 0 Å². The molecule has 2 aromatic carbocycles. The van der Waals surface area contributed by atoms with Crippen molar-refractivity contribution in [3.8, 4) is 0 Å². The van der Waals surface area contributed by atoms with E-state index in [4.69, 9.17) is 28.6 Å². The van der Waals surface area contributed by atoms with Crippen LogP contribution in [0.15, 0.2) is 65.3 Å². The molecule has 1 heterocycles. The molecule has 0 aromatic heterocycles. The number of amidine groups is 1. The smallest absolute Gasteiger partial charge is 0.132 e. The molecule has 0 aliphatic carbocycles. The summed E-state index contributed by atoms with van der Waals surface area (Å²) in [6.07, 6.45) is 0. The van der Waals surface area contributed by atoms with E-state index >= 15 is 0 Å². The summed E-state index contributed by atoms with van der Waals surface area (Å²) in [5, 5.41) is 19.3. The van der Waals surface area contributed by atoms with E-state index in [2.05, 4.69) is 0 Å². The second kappa shape index (κ2) is 7.73. The summed E-state index contributed by atoms with van der Waals surface area (Å²) < 4.78 is 0. The molecule has 25 heavy (non-hydrogen) atoms. The largest absolute Gasteiger partial charge is 0.509 e. The van der Waals surface area contributed by atoms with E-state index in [0.717, 1.165) is 16.0 Å². The highest BCUT2D eigenvalue weighted by Crippen LogP contribution is 2.40. The molecule has 6 heteroatoms. The van der Waals surface area contributed by atoms with Crippen LogP contribution in [0.3, 0.4) is 0 Å². The summed E-state index contributed by atoms with van der Waals surface area (Å²) >= 11 is 13.2. The minimum atomic E-state index is -0.431. The summed E-state index contributed by atoms with van der Waals surface area (Å²) in [5.41, 5.74) is 2.34. The van der Waals surface area contributed by atoms with Crippen molar-refractivity contribution in [3.63, 3.8) is 0 Å². The number of likely N-dealkylation sites (N-methyl/N-ethyl adjacent to an activating group) is 1. The van der Waals surface area contributed by atoms with Gasteiger partial charge < -0.3 is 10.0 Å². The van der Waals surface area contributed by atoms with Crippen LogP contribution in [0, 0.1) is 5.41 Å².